The lowest BCUT2D eigenvalue weighted by atomic mass is 10.1. The first-order valence-corrected chi connectivity index (χ1v) is 8.48. The van der Waals surface area contributed by atoms with E-state index in [2.05, 4.69) is 5.32 Å². The van der Waals surface area contributed by atoms with Gasteiger partial charge in [0.15, 0.2) is 0 Å². The van der Waals surface area contributed by atoms with Crippen LogP contribution in [0.1, 0.15) is 31.2 Å². The molecule has 0 aromatic heterocycles. The van der Waals surface area contributed by atoms with Crippen molar-refractivity contribution in [3.05, 3.63) is 34.2 Å². The van der Waals surface area contributed by atoms with Gasteiger partial charge in [-0.2, -0.15) is 0 Å². The average molecular weight is 298 g/mol. The Morgan fingerprint density at radius 3 is 2.74 bits per heavy atom. The molecular weight excluding hydrogens is 282 g/mol. The Kier molecular flexibility index (Phi) is 3.41. The Balaban J connectivity index is 1.87. The van der Waals surface area contributed by atoms with Crippen LogP contribution >= 0.6 is 11.6 Å². The van der Waals surface area contributed by atoms with Crippen LogP contribution in [0.3, 0.4) is 0 Å². The molecule has 5 heteroatoms. The molecular formula is C14H16ClNO2S. The second-order valence-corrected chi connectivity index (χ2v) is 7.34. The number of hydrogen-bond acceptors (Lipinski definition) is 3. The van der Waals surface area contributed by atoms with Crippen LogP contribution in [-0.4, -0.2) is 21.0 Å². The molecule has 1 aromatic rings. The van der Waals surface area contributed by atoms with Gasteiger partial charge in [-0.3, -0.25) is 0 Å². The summed E-state index contributed by atoms with van der Waals surface area (Å²) in [6.07, 6.45) is 4.86. The first-order valence-electron chi connectivity index (χ1n) is 6.56. The molecule has 1 N–H and O–H groups in total. The van der Waals surface area contributed by atoms with E-state index in [-0.39, 0.29) is 0 Å². The fraction of sp³-hybridized carbons (Fsp3) is 0.429. The minimum absolute atomic E-state index is 0.336. The first kappa shape index (κ1) is 13.2. The Morgan fingerprint density at radius 1 is 1.26 bits per heavy atom. The van der Waals surface area contributed by atoms with Gasteiger partial charge < -0.3 is 5.32 Å². The van der Waals surface area contributed by atoms with E-state index in [9.17, 15) is 8.42 Å². The summed E-state index contributed by atoms with van der Waals surface area (Å²) in [4.78, 5) is 0.336. The van der Waals surface area contributed by atoms with E-state index in [4.69, 9.17) is 11.6 Å². The maximum Gasteiger partial charge on any atom is 0.200 e. The third kappa shape index (κ3) is 2.45. The number of nitrogens with one attached hydrogen (secondary N) is 1. The van der Waals surface area contributed by atoms with Crippen LogP contribution in [-0.2, 0) is 9.84 Å². The van der Waals surface area contributed by atoms with E-state index in [0.717, 1.165) is 5.57 Å². The normalized spacial score (nSPS) is 21.4. The molecule has 1 fully saturated rings. The van der Waals surface area contributed by atoms with Gasteiger partial charge in [0.25, 0.3) is 0 Å². The van der Waals surface area contributed by atoms with E-state index in [1.807, 2.05) is 0 Å². The zero-order valence-electron chi connectivity index (χ0n) is 10.5. The molecule has 3 nitrogen and oxygen atoms in total. The molecule has 0 unspecified atom stereocenters. The highest BCUT2D eigenvalue weighted by molar-refractivity contribution is 7.95. The van der Waals surface area contributed by atoms with Crippen LogP contribution in [0.5, 0.6) is 0 Å². The monoisotopic (exact) mass is 297 g/mol. The predicted molar refractivity (Wildman–Crippen MR) is 76.9 cm³/mol. The van der Waals surface area contributed by atoms with Gasteiger partial charge in [-0.25, -0.2) is 8.42 Å². The summed E-state index contributed by atoms with van der Waals surface area (Å²) in [5.41, 5.74) is 1.46. The highest BCUT2D eigenvalue weighted by atomic mass is 35.5. The molecule has 19 heavy (non-hydrogen) atoms. The molecule has 102 valence electrons. The fourth-order valence-corrected chi connectivity index (χ4v) is 4.73. The summed E-state index contributed by atoms with van der Waals surface area (Å²) in [5.74, 6) is 0. The molecule has 1 heterocycles. The van der Waals surface area contributed by atoms with Crippen LogP contribution < -0.4 is 5.32 Å². The van der Waals surface area contributed by atoms with Gasteiger partial charge in [0, 0.05) is 28.6 Å². The van der Waals surface area contributed by atoms with Gasteiger partial charge in [-0.1, -0.05) is 30.5 Å². The van der Waals surface area contributed by atoms with Crippen LogP contribution in [0.15, 0.2) is 28.5 Å². The number of hydrogen-bond donors (Lipinski definition) is 1. The minimum Gasteiger partial charge on any atom is -0.310 e. The Hall–Kier alpha value is -0.840. The number of sulfone groups is 1. The molecule has 1 aliphatic heterocycles. The topological polar surface area (TPSA) is 46.2 Å². The van der Waals surface area contributed by atoms with Crippen molar-refractivity contribution in [2.45, 2.75) is 36.6 Å². The molecule has 0 radical (unpaired) electrons. The van der Waals surface area contributed by atoms with Gasteiger partial charge in [-0.15, -0.1) is 0 Å². The van der Waals surface area contributed by atoms with E-state index in [1.54, 1.807) is 18.2 Å². The molecule has 1 aliphatic carbocycles. The van der Waals surface area contributed by atoms with Crippen LogP contribution in [0.4, 0.5) is 0 Å². The smallest absolute Gasteiger partial charge is 0.200 e. The largest absolute Gasteiger partial charge is 0.310 e. The SMILES string of the molecule is O=S1(=O)C=C(CNC2CCCC2)c2c(Cl)cccc21. The van der Waals surface area contributed by atoms with Crippen molar-refractivity contribution in [1.29, 1.82) is 0 Å². The van der Waals surface area contributed by atoms with Gasteiger partial charge >= 0.3 is 0 Å². The zero-order valence-corrected chi connectivity index (χ0v) is 12.1. The van der Waals surface area contributed by atoms with E-state index >= 15 is 0 Å². The average Bonchev–Trinajstić information content (AvgIpc) is 2.95. The van der Waals surface area contributed by atoms with Gasteiger partial charge in [0.1, 0.15) is 0 Å². The number of fused-ring (bicyclic) bond motifs is 1. The van der Waals surface area contributed by atoms with Crippen LogP contribution in [0.25, 0.3) is 5.57 Å². The molecule has 3 rings (SSSR count). The molecule has 1 saturated carbocycles. The third-order valence-electron chi connectivity index (χ3n) is 3.84. The maximum atomic E-state index is 12.0. The van der Waals surface area contributed by atoms with Crippen molar-refractivity contribution in [3.63, 3.8) is 0 Å². The second kappa shape index (κ2) is 4.93. The van der Waals surface area contributed by atoms with Crippen LogP contribution in [0, 0.1) is 0 Å². The lowest BCUT2D eigenvalue weighted by molar-refractivity contribution is 0.560. The Labute approximate surface area is 118 Å². The Bertz CT molecular complexity index is 631. The molecule has 0 spiro atoms. The summed E-state index contributed by atoms with van der Waals surface area (Å²) >= 11 is 6.15. The van der Waals surface area contributed by atoms with Gasteiger partial charge in [0.05, 0.1) is 4.90 Å². The summed E-state index contributed by atoms with van der Waals surface area (Å²) in [6, 6.07) is 5.55. The third-order valence-corrected chi connectivity index (χ3v) is 5.70. The molecule has 2 aliphatic rings. The molecule has 1 aromatic carbocycles. The van der Waals surface area contributed by atoms with Crippen LogP contribution in [0.2, 0.25) is 5.02 Å². The predicted octanol–water partition coefficient (Wildman–Crippen LogP) is 3.00. The number of benzene rings is 1. The first-order chi connectivity index (χ1) is 9.08. The van der Waals surface area contributed by atoms with E-state index in [0.29, 0.717) is 28.1 Å². The lowest BCUT2D eigenvalue weighted by Crippen LogP contribution is -2.27. The van der Waals surface area contributed by atoms with Crippen molar-refractivity contribution >= 4 is 27.0 Å². The highest BCUT2D eigenvalue weighted by Gasteiger charge is 2.29. The Morgan fingerprint density at radius 2 is 2.00 bits per heavy atom. The van der Waals surface area contributed by atoms with Crippen molar-refractivity contribution in [1.82, 2.24) is 5.32 Å². The zero-order chi connectivity index (χ0) is 13.5. The second-order valence-electron chi connectivity index (χ2n) is 5.16. The fourth-order valence-electron chi connectivity index (χ4n) is 2.88. The number of halogens is 1. The lowest BCUT2D eigenvalue weighted by Gasteiger charge is -2.13. The quantitative estimate of drug-likeness (QED) is 0.933. The van der Waals surface area contributed by atoms with E-state index < -0.39 is 9.84 Å². The highest BCUT2D eigenvalue weighted by Crippen LogP contribution is 2.37. The molecule has 0 amide bonds. The standard InChI is InChI=1S/C14H16ClNO2S/c15-12-6-3-7-13-14(12)10(9-19(13,17)18)8-16-11-4-1-2-5-11/h3,6-7,9,11,16H,1-2,4-5,8H2. The number of rotatable bonds is 3. The summed E-state index contributed by atoms with van der Waals surface area (Å²) in [6.45, 7) is 0.570. The van der Waals surface area contributed by atoms with Gasteiger partial charge in [0.2, 0.25) is 9.84 Å². The molecule has 0 saturated heterocycles. The van der Waals surface area contributed by atoms with Crippen molar-refractivity contribution < 1.29 is 8.42 Å². The van der Waals surface area contributed by atoms with Crippen molar-refractivity contribution in [2.75, 3.05) is 6.54 Å². The minimum atomic E-state index is -3.31. The summed E-state index contributed by atoms with van der Waals surface area (Å²) < 4.78 is 24.1. The summed E-state index contributed by atoms with van der Waals surface area (Å²) in [5, 5.41) is 5.30. The van der Waals surface area contributed by atoms with Crippen molar-refractivity contribution in [3.8, 4) is 0 Å². The van der Waals surface area contributed by atoms with Crippen molar-refractivity contribution in [2.24, 2.45) is 0 Å². The molecule has 0 bridgehead atoms. The van der Waals surface area contributed by atoms with Gasteiger partial charge in [-0.05, 0) is 30.5 Å². The maximum absolute atomic E-state index is 12.0. The van der Waals surface area contributed by atoms with E-state index in [1.165, 1.54) is 31.1 Å². The molecule has 0 atom stereocenters. The summed E-state index contributed by atoms with van der Waals surface area (Å²) in [7, 11) is -3.31.